The van der Waals surface area contributed by atoms with Crippen molar-refractivity contribution in [3.63, 3.8) is 0 Å². The summed E-state index contributed by atoms with van der Waals surface area (Å²) < 4.78 is 12.6. The Balaban J connectivity index is 1.96. The van der Waals surface area contributed by atoms with Crippen LogP contribution in [0.25, 0.3) is 0 Å². The van der Waals surface area contributed by atoms with Gasteiger partial charge >= 0.3 is 0 Å². The van der Waals surface area contributed by atoms with Gasteiger partial charge in [0.05, 0.1) is 6.20 Å². The van der Waals surface area contributed by atoms with Crippen molar-refractivity contribution in [2.75, 3.05) is 5.73 Å². The fraction of sp³-hybridized carbons (Fsp3) is 0.182. The number of aromatic amines is 1. The average molecular weight is 205 g/mol. The molecule has 2 aromatic rings. The molecule has 0 bridgehead atoms. The lowest BCUT2D eigenvalue weighted by Gasteiger charge is -1.99. The number of hydrogen-bond acceptors (Lipinski definition) is 2. The van der Waals surface area contributed by atoms with Crippen LogP contribution in [0.4, 0.5) is 10.3 Å². The zero-order valence-corrected chi connectivity index (χ0v) is 8.20. The molecule has 0 spiro atoms. The summed E-state index contributed by atoms with van der Waals surface area (Å²) in [6.45, 7) is 0. The third-order valence-electron chi connectivity index (χ3n) is 2.24. The molecule has 15 heavy (non-hydrogen) atoms. The third kappa shape index (κ3) is 2.56. The summed E-state index contributed by atoms with van der Waals surface area (Å²) in [5.74, 6) is 0.230. The number of nitrogen functional groups attached to an aromatic ring is 1. The number of halogens is 1. The number of aryl methyl sites for hydroxylation is 2. The molecule has 0 aliphatic heterocycles. The summed E-state index contributed by atoms with van der Waals surface area (Å²) in [4.78, 5) is 6.86. The maximum atomic E-state index is 12.6. The highest BCUT2D eigenvalue weighted by Crippen LogP contribution is 2.07. The van der Waals surface area contributed by atoms with E-state index in [-0.39, 0.29) is 5.82 Å². The molecule has 0 saturated heterocycles. The molecule has 2 rings (SSSR count). The second-order valence-corrected chi connectivity index (χ2v) is 3.42. The van der Waals surface area contributed by atoms with E-state index in [1.165, 1.54) is 12.1 Å². The summed E-state index contributed by atoms with van der Waals surface area (Å²) in [5, 5.41) is 0. The van der Waals surface area contributed by atoms with Gasteiger partial charge in [-0.15, -0.1) is 0 Å². The number of benzene rings is 1. The second-order valence-electron chi connectivity index (χ2n) is 3.42. The monoisotopic (exact) mass is 205 g/mol. The summed E-state index contributed by atoms with van der Waals surface area (Å²) >= 11 is 0. The van der Waals surface area contributed by atoms with Gasteiger partial charge in [0, 0.05) is 5.69 Å². The predicted molar refractivity (Wildman–Crippen MR) is 56.8 cm³/mol. The predicted octanol–water partition coefficient (Wildman–Crippen LogP) is 1.92. The molecule has 0 amide bonds. The lowest BCUT2D eigenvalue weighted by atomic mass is 10.1. The van der Waals surface area contributed by atoms with Crippen LogP contribution in [0.2, 0.25) is 0 Å². The largest absolute Gasteiger partial charge is 0.369 e. The third-order valence-corrected chi connectivity index (χ3v) is 2.24. The minimum absolute atomic E-state index is 0.204. The van der Waals surface area contributed by atoms with Crippen molar-refractivity contribution >= 4 is 5.95 Å². The highest BCUT2D eigenvalue weighted by molar-refractivity contribution is 5.21. The van der Waals surface area contributed by atoms with Gasteiger partial charge < -0.3 is 10.7 Å². The number of rotatable bonds is 3. The van der Waals surface area contributed by atoms with E-state index in [0.29, 0.717) is 5.95 Å². The van der Waals surface area contributed by atoms with Crippen LogP contribution in [-0.4, -0.2) is 9.97 Å². The number of hydrogen-bond donors (Lipinski definition) is 2. The van der Waals surface area contributed by atoms with Crippen LogP contribution in [-0.2, 0) is 12.8 Å². The Morgan fingerprint density at radius 2 is 1.93 bits per heavy atom. The first-order valence-electron chi connectivity index (χ1n) is 4.78. The van der Waals surface area contributed by atoms with E-state index in [0.717, 1.165) is 24.1 Å². The summed E-state index contributed by atoms with van der Waals surface area (Å²) in [6.07, 6.45) is 3.40. The van der Waals surface area contributed by atoms with Crippen LogP contribution in [0.3, 0.4) is 0 Å². The first-order chi connectivity index (χ1) is 7.24. The minimum Gasteiger partial charge on any atom is -0.369 e. The van der Waals surface area contributed by atoms with Crippen LogP contribution in [0, 0.1) is 5.82 Å². The number of anilines is 1. The van der Waals surface area contributed by atoms with Gasteiger partial charge in [-0.05, 0) is 30.5 Å². The van der Waals surface area contributed by atoms with Crippen molar-refractivity contribution in [1.82, 2.24) is 9.97 Å². The number of H-pyrrole nitrogens is 1. The van der Waals surface area contributed by atoms with E-state index >= 15 is 0 Å². The Bertz CT molecular complexity index is 433. The summed E-state index contributed by atoms with van der Waals surface area (Å²) in [5.41, 5.74) is 7.55. The lowest BCUT2D eigenvalue weighted by Crippen LogP contribution is -1.92. The fourth-order valence-corrected chi connectivity index (χ4v) is 1.43. The van der Waals surface area contributed by atoms with E-state index in [2.05, 4.69) is 9.97 Å². The van der Waals surface area contributed by atoms with Crippen LogP contribution in [0.15, 0.2) is 30.5 Å². The summed E-state index contributed by atoms with van der Waals surface area (Å²) in [7, 11) is 0. The van der Waals surface area contributed by atoms with E-state index in [9.17, 15) is 4.39 Å². The molecule has 0 fully saturated rings. The Morgan fingerprint density at radius 3 is 2.53 bits per heavy atom. The maximum absolute atomic E-state index is 12.6. The Kier molecular flexibility index (Phi) is 2.67. The highest BCUT2D eigenvalue weighted by Gasteiger charge is 1.99. The molecule has 0 unspecified atom stereocenters. The molecule has 3 nitrogen and oxygen atoms in total. The zero-order chi connectivity index (χ0) is 10.7. The molecular formula is C11H12FN3. The molecule has 1 aromatic carbocycles. The first-order valence-corrected chi connectivity index (χ1v) is 4.78. The highest BCUT2D eigenvalue weighted by atomic mass is 19.1. The number of nitrogens with two attached hydrogens (primary N) is 1. The van der Waals surface area contributed by atoms with Gasteiger partial charge in [-0.25, -0.2) is 9.37 Å². The molecule has 78 valence electrons. The molecule has 0 saturated carbocycles. The quantitative estimate of drug-likeness (QED) is 0.804. The lowest BCUT2D eigenvalue weighted by molar-refractivity contribution is 0.627. The SMILES string of the molecule is Nc1ncc(CCc2ccc(F)cc2)[nH]1. The average Bonchev–Trinajstić information content (AvgIpc) is 2.64. The first kappa shape index (κ1) is 9.71. The number of nitrogens with one attached hydrogen (secondary N) is 1. The van der Waals surface area contributed by atoms with E-state index in [1.807, 2.05) is 0 Å². The van der Waals surface area contributed by atoms with Crippen molar-refractivity contribution in [1.29, 1.82) is 0 Å². The Hall–Kier alpha value is -1.84. The van der Waals surface area contributed by atoms with E-state index in [1.54, 1.807) is 18.3 Å². The van der Waals surface area contributed by atoms with Gasteiger partial charge in [0.2, 0.25) is 0 Å². The molecule has 3 N–H and O–H groups in total. The normalized spacial score (nSPS) is 10.5. The van der Waals surface area contributed by atoms with Crippen LogP contribution < -0.4 is 5.73 Å². The molecule has 4 heteroatoms. The topological polar surface area (TPSA) is 54.7 Å². The fourth-order valence-electron chi connectivity index (χ4n) is 1.43. The molecule has 0 aliphatic carbocycles. The number of aromatic nitrogens is 2. The molecule has 0 radical (unpaired) electrons. The van der Waals surface area contributed by atoms with E-state index < -0.39 is 0 Å². The van der Waals surface area contributed by atoms with Crippen LogP contribution >= 0.6 is 0 Å². The van der Waals surface area contributed by atoms with Gasteiger partial charge in [-0.2, -0.15) is 0 Å². The zero-order valence-electron chi connectivity index (χ0n) is 8.20. The van der Waals surface area contributed by atoms with Crippen molar-refractivity contribution in [3.8, 4) is 0 Å². The van der Waals surface area contributed by atoms with Crippen LogP contribution in [0.5, 0.6) is 0 Å². The molecule has 0 aliphatic rings. The van der Waals surface area contributed by atoms with Gasteiger partial charge in [0.15, 0.2) is 5.95 Å². The second kappa shape index (κ2) is 4.13. The van der Waals surface area contributed by atoms with E-state index in [4.69, 9.17) is 5.73 Å². The minimum atomic E-state index is -0.204. The van der Waals surface area contributed by atoms with Gasteiger partial charge in [0.25, 0.3) is 0 Å². The molecule has 1 heterocycles. The smallest absolute Gasteiger partial charge is 0.197 e. The molecule has 1 aromatic heterocycles. The van der Waals surface area contributed by atoms with Crippen molar-refractivity contribution in [3.05, 3.63) is 47.5 Å². The Labute approximate surface area is 87.2 Å². The van der Waals surface area contributed by atoms with Gasteiger partial charge in [-0.1, -0.05) is 12.1 Å². The summed E-state index contributed by atoms with van der Waals surface area (Å²) in [6, 6.07) is 6.51. The van der Waals surface area contributed by atoms with Crippen molar-refractivity contribution in [2.45, 2.75) is 12.8 Å². The van der Waals surface area contributed by atoms with Gasteiger partial charge in [-0.3, -0.25) is 0 Å². The maximum Gasteiger partial charge on any atom is 0.197 e. The van der Waals surface area contributed by atoms with Crippen molar-refractivity contribution in [2.24, 2.45) is 0 Å². The van der Waals surface area contributed by atoms with Crippen molar-refractivity contribution < 1.29 is 4.39 Å². The number of imidazole rings is 1. The van der Waals surface area contributed by atoms with Gasteiger partial charge in [0.1, 0.15) is 5.82 Å². The molecule has 0 atom stereocenters. The standard InChI is InChI=1S/C11H12FN3/c12-9-4-1-8(2-5-9)3-6-10-7-14-11(13)15-10/h1-2,4-5,7H,3,6H2,(H3,13,14,15). The molecular weight excluding hydrogens is 193 g/mol. The van der Waals surface area contributed by atoms with Crippen LogP contribution in [0.1, 0.15) is 11.3 Å². The Morgan fingerprint density at radius 1 is 1.20 bits per heavy atom. The number of nitrogens with zero attached hydrogens (tertiary/aromatic N) is 1.